The minimum atomic E-state index is -0.125. The van der Waals surface area contributed by atoms with Gasteiger partial charge in [0.25, 0.3) is 0 Å². The fourth-order valence-corrected chi connectivity index (χ4v) is 4.20. The lowest BCUT2D eigenvalue weighted by molar-refractivity contribution is -0.144. The van der Waals surface area contributed by atoms with Crippen molar-refractivity contribution in [1.29, 1.82) is 0 Å². The Balaban J connectivity index is 1.43. The molecule has 0 amide bonds. The number of ether oxygens (including phenoxy) is 1. The summed E-state index contributed by atoms with van der Waals surface area (Å²) in [4.78, 5) is 30.9. The number of aromatic amines is 1. The van der Waals surface area contributed by atoms with Gasteiger partial charge < -0.3 is 14.6 Å². The predicted octanol–water partition coefficient (Wildman–Crippen LogP) is 1.82. The van der Waals surface area contributed by atoms with Crippen molar-refractivity contribution in [3.63, 3.8) is 0 Å². The van der Waals surface area contributed by atoms with Crippen molar-refractivity contribution >= 4 is 12.3 Å². The zero-order valence-electron chi connectivity index (χ0n) is 15.9. The molecule has 26 heavy (non-hydrogen) atoms. The van der Waals surface area contributed by atoms with Crippen LogP contribution in [0.2, 0.25) is 0 Å². The Hall–Kier alpha value is -1.66. The number of hydrogen-bond donors (Lipinski definition) is 1. The number of H-pyrrole nitrogens is 1. The number of aromatic nitrogens is 1. The van der Waals surface area contributed by atoms with Gasteiger partial charge in [-0.1, -0.05) is 0 Å². The largest absolute Gasteiger partial charge is 0.465 e. The summed E-state index contributed by atoms with van der Waals surface area (Å²) < 4.78 is 5.02. The fourth-order valence-electron chi connectivity index (χ4n) is 4.20. The van der Waals surface area contributed by atoms with Gasteiger partial charge >= 0.3 is 5.97 Å². The molecule has 0 bridgehead atoms. The summed E-state index contributed by atoms with van der Waals surface area (Å²) in [6, 6.07) is 0. The Bertz CT molecular complexity index is 618. The van der Waals surface area contributed by atoms with E-state index in [4.69, 9.17) is 4.74 Å². The van der Waals surface area contributed by atoms with Gasteiger partial charge in [0, 0.05) is 31.9 Å². The average molecular weight is 361 g/mol. The SMILES string of the molecule is CCOC(=O)CN1CCN(CCCc2c(C=O)[nH]c3c2CCCC3)CC1. The maximum Gasteiger partial charge on any atom is 0.320 e. The molecule has 0 saturated carbocycles. The summed E-state index contributed by atoms with van der Waals surface area (Å²) in [5.41, 5.74) is 4.77. The summed E-state index contributed by atoms with van der Waals surface area (Å²) in [6.45, 7) is 7.55. The number of carbonyl (C=O) groups excluding carboxylic acids is 2. The Kier molecular flexibility index (Phi) is 6.86. The number of esters is 1. The van der Waals surface area contributed by atoms with Crippen molar-refractivity contribution in [2.24, 2.45) is 0 Å². The maximum atomic E-state index is 11.6. The van der Waals surface area contributed by atoms with Gasteiger partial charge in [0.2, 0.25) is 0 Å². The lowest BCUT2D eigenvalue weighted by Gasteiger charge is -2.34. The summed E-state index contributed by atoms with van der Waals surface area (Å²) in [5, 5.41) is 0. The zero-order chi connectivity index (χ0) is 18.4. The van der Waals surface area contributed by atoms with Gasteiger partial charge in [-0.25, -0.2) is 0 Å². The van der Waals surface area contributed by atoms with Crippen LogP contribution in [0.4, 0.5) is 0 Å². The van der Waals surface area contributed by atoms with Crippen LogP contribution in [0.3, 0.4) is 0 Å². The lowest BCUT2D eigenvalue weighted by Crippen LogP contribution is -2.48. The fraction of sp³-hybridized carbons (Fsp3) is 0.700. The molecule has 1 saturated heterocycles. The third kappa shape index (κ3) is 4.74. The van der Waals surface area contributed by atoms with Crippen LogP contribution in [0.15, 0.2) is 0 Å². The molecular weight excluding hydrogens is 330 g/mol. The molecule has 1 aliphatic carbocycles. The van der Waals surface area contributed by atoms with Gasteiger partial charge in [0.05, 0.1) is 18.8 Å². The predicted molar refractivity (Wildman–Crippen MR) is 101 cm³/mol. The average Bonchev–Trinajstić information content (AvgIpc) is 3.01. The van der Waals surface area contributed by atoms with E-state index in [2.05, 4.69) is 14.8 Å². The number of carbonyl (C=O) groups is 2. The molecule has 144 valence electrons. The molecule has 6 heteroatoms. The normalized spacial score (nSPS) is 18.5. The maximum absolute atomic E-state index is 11.6. The van der Waals surface area contributed by atoms with Crippen molar-refractivity contribution in [2.45, 2.75) is 45.4 Å². The third-order valence-corrected chi connectivity index (χ3v) is 5.58. The standard InChI is InChI=1S/C20H31N3O3/c1-2-26-20(25)14-23-12-10-22(11-13-23)9-5-7-17-16-6-3-4-8-18(16)21-19(17)15-24/h15,21H,2-14H2,1H3. The van der Waals surface area contributed by atoms with Gasteiger partial charge in [-0.05, 0) is 63.1 Å². The van der Waals surface area contributed by atoms with Crippen molar-refractivity contribution < 1.29 is 14.3 Å². The highest BCUT2D eigenvalue weighted by atomic mass is 16.5. The molecule has 0 unspecified atom stereocenters. The van der Waals surface area contributed by atoms with Crippen molar-refractivity contribution in [2.75, 3.05) is 45.9 Å². The molecule has 1 aromatic heterocycles. The number of rotatable bonds is 8. The lowest BCUT2D eigenvalue weighted by atomic mass is 9.92. The van der Waals surface area contributed by atoms with E-state index in [-0.39, 0.29) is 5.97 Å². The van der Waals surface area contributed by atoms with E-state index < -0.39 is 0 Å². The van der Waals surface area contributed by atoms with E-state index in [9.17, 15) is 9.59 Å². The highest BCUT2D eigenvalue weighted by molar-refractivity contribution is 5.76. The second kappa shape index (κ2) is 9.33. The van der Waals surface area contributed by atoms with E-state index in [0.717, 1.165) is 70.4 Å². The number of hydrogen-bond acceptors (Lipinski definition) is 5. The molecule has 1 aliphatic heterocycles. The van der Waals surface area contributed by atoms with Crippen LogP contribution in [0.5, 0.6) is 0 Å². The zero-order valence-corrected chi connectivity index (χ0v) is 15.9. The highest BCUT2D eigenvalue weighted by Crippen LogP contribution is 2.27. The number of aryl methyl sites for hydroxylation is 1. The summed E-state index contributed by atoms with van der Waals surface area (Å²) in [6.07, 6.45) is 7.69. The first-order valence-electron chi connectivity index (χ1n) is 9.99. The van der Waals surface area contributed by atoms with Crippen molar-refractivity contribution in [3.05, 3.63) is 22.5 Å². The van der Waals surface area contributed by atoms with Gasteiger partial charge in [-0.2, -0.15) is 0 Å². The molecule has 3 rings (SSSR count). The van der Waals surface area contributed by atoms with Gasteiger partial charge in [-0.3, -0.25) is 14.5 Å². The van der Waals surface area contributed by atoms with Crippen LogP contribution >= 0.6 is 0 Å². The van der Waals surface area contributed by atoms with Crippen LogP contribution in [-0.2, 0) is 28.8 Å². The Morgan fingerprint density at radius 1 is 1.15 bits per heavy atom. The molecule has 1 fully saturated rings. The quantitative estimate of drug-likeness (QED) is 0.565. The molecule has 0 atom stereocenters. The number of nitrogens with zero attached hydrogens (tertiary/aromatic N) is 2. The van der Waals surface area contributed by atoms with Crippen LogP contribution in [-0.4, -0.2) is 72.9 Å². The van der Waals surface area contributed by atoms with Crippen LogP contribution in [0.25, 0.3) is 0 Å². The van der Waals surface area contributed by atoms with E-state index >= 15 is 0 Å². The summed E-state index contributed by atoms with van der Waals surface area (Å²) in [5.74, 6) is -0.125. The summed E-state index contributed by atoms with van der Waals surface area (Å²) >= 11 is 0. The van der Waals surface area contributed by atoms with Crippen molar-refractivity contribution in [1.82, 2.24) is 14.8 Å². The Morgan fingerprint density at radius 2 is 1.88 bits per heavy atom. The molecule has 0 spiro atoms. The first-order valence-corrected chi connectivity index (χ1v) is 9.99. The number of nitrogens with one attached hydrogen (secondary N) is 1. The Labute approximate surface area is 155 Å². The number of aldehydes is 1. The minimum Gasteiger partial charge on any atom is -0.465 e. The topological polar surface area (TPSA) is 65.6 Å². The van der Waals surface area contributed by atoms with Crippen LogP contribution in [0.1, 0.15) is 53.5 Å². The smallest absolute Gasteiger partial charge is 0.320 e. The molecular formula is C20H31N3O3. The number of fused-ring (bicyclic) bond motifs is 1. The van der Waals surface area contributed by atoms with Gasteiger partial charge in [-0.15, -0.1) is 0 Å². The van der Waals surface area contributed by atoms with E-state index in [1.165, 1.54) is 29.7 Å². The molecule has 2 aliphatic rings. The molecule has 2 heterocycles. The van der Waals surface area contributed by atoms with Crippen LogP contribution < -0.4 is 0 Å². The van der Waals surface area contributed by atoms with Gasteiger partial charge in [0.1, 0.15) is 0 Å². The molecule has 1 aromatic rings. The van der Waals surface area contributed by atoms with E-state index in [1.54, 1.807) is 0 Å². The second-order valence-corrected chi connectivity index (χ2v) is 7.33. The Morgan fingerprint density at radius 3 is 2.62 bits per heavy atom. The van der Waals surface area contributed by atoms with E-state index in [1.807, 2.05) is 6.92 Å². The summed E-state index contributed by atoms with van der Waals surface area (Å²) in [7, 11) is 0. The first-order chi connectivity index (χ1) is 12.7. The first kappa shape index (κ1) is 19.1. The monoisotopic (exact) mass is 361 g/mol. The van der Waals surface area contributed by atoms with Crippen molar-refractivity contribution in [3.8, 4) is 0 Å². The third-order valence-electron chi connectivity index (χ3n) is 5.58. The molecule has 6 nitrogen and oxygen atoms in total. The second-order valence-electron chi connectivity index (χ2n) is 7.33. The van der Waals surface area contributed by atoms with Gasteiger partial charge in [0.15, 0.2) is 6.29 Å². The molecule has 1 N–H and O–H groups in total. The highest BCUT2D eigenvalue weighted by Gasteiger charge is 2.21. The van der Waals surface area contributed by atoms with E-state index in [0.29, 0.717) is 13.2 Å². The molecule has 0 aromatic carbocycles. The molecule has 0 radical (unpaired) electrons. The number of piperazine rings is 1. The minimum absolute atomic E-state index is 0.125. The van der Waals surface area contributed by atoms with Crippen LogP contribution in [0, 0.1) is 0 Å².